The third-order valence-electron chi connectivity index (χ3n) is 5.19. The van der Waals surface area contributed by atoms with Crippen LogP contribution in [0.15, 0.2) is 12.4 Å². The van der Waals surface area contributed by atoms with E-state index in [0.29, 0.717) is 30.5 Å². The monoisotopic (exact) mass is 356 g/mol. The van der Waals surface area contributed by atoms with Crippen LogP contribution in [0.1, 0.15) is 47.1 Å². The number of amides is 1. The Morgan fingerprint density at radius 1 is 1.27 bits per heavy atom. The van der Waals surface area contributed by atoms with Crippen molar-refractivity contribution in [1.82, 2.24) is 25.1 Å². The molecule has 1 fully saturated rings. The molecule has 7 heteroatoms. The maximum absolute atomic E-state index is 12.3. The molecule has 1 aliphatic heterocycles. The van der Waals surface area contributed by atoms with Gasteiger partial charge in [0.15, 0.2) is 0 Å². The van der Waals surface area contributed by atoms with Gasteiger partial charge in [0.1, 0.15) is 0 Å². The van der Waals surface area contributed by atoms with E-state index in [-0.39, 0.29) is 5.91 Å². The van der Waals surface area contributed by atoms with E-state index in [4.69, 9.17) is 0 Å². The number of piperidine rings is 1. The van der Waals surface area contributed by atoms with Gasteiger partial charge in [0.25, 0.3) is 5.91 Å². The van der Waals surface area contributed by atoms with Gasteiger partial charge in [-0.05, 0) is 45.1 Å². The Bertz CT molecular complexity index is 767. The van der Waals surface area contributed by atoms with E-state index in [1.54, 1.807) is 12.4 Å². The molecule has 0 bridgehead atoms. The fourth-order valence-electron chi connectivity index (χ4n) is 3.35. The predicted molar refractivity (Wildman–Crippen MR) is 101 cm³/mol. The number of aromatic nitrogens is 4. The summed E-state index contributed by atoms with van der Waals surface area (Å²) in [5.74, 6) is 1.22. The smallest absolute Gasteiger partial charge is 0.254 e. The van der Waals surface area contributed by atoms with E-state index in [1.807, 2.05) is 18.5 Å². The van der Waals surface area contributed by atoms with Crippen LogP contribution in [-0.4, -0.2) is 45.3 Å². The standard InChI is InChI=1S/C19H28N6O/c1-13-6-5-8-24(12-13)19-21-10-17(11-22-19)18(26)20-7-9-25-16(4)14(2)15(3)23-25/h10-11,13H,5-9,12H2,1-4H3,(H,20,26)/t13-/m0/s1. The van der Waals surface area contributed by atoms with E-state index >= 15 is 0 Å². The molecule has 0 saturated carbocycles. The Hall–Kier alpha value is -2.44. The fraction of sp³-hybridized carbons (Fsp3) is 0.579. The number of hydrogen-bond donors (Lipinski definition) is 1. The van der Waals surface area contributed by atoms with Gasteiger partial charge in [-0.2, -0.15) is 5.10 Å². The lowest BCUT2D eigenvalue weighted by atomic mass is 10.0. The highest BCUT2D eigenvalue weighted by Gasteiger charge is 2.19. The highest BCUT2D eigenvalue weighted by molar-refractivity contribution is 5.93. The molecular weight excluding hydrogens is 328 g/mol. The number of aryl methyl sites for hydroxylation is 1. The summed E-state index contributed by atoms with van der Waals surface area (Å²) < 4.78 is 1.93. The van der Waals surface area contributed by atoms with E-state index in [9.17, 15) is 4.79 Å². The highest BCUT2D eigenvalue weighted by Crippen LogP contribution is 2.19. The summed E-state index contributed by atoms with van der Waals surface area (Å²) in [6.07, 6.45) is 5.65. The first kappa shape index (κ1) is 18.4. The molecule has 0 radical (unpaired) electrons. The van der Waals surface area contributed by atoms with Gasteiger partial charge in [0.05, 0.1) is 17.8 Å². The van der Waals surface area contributed by atoms with Crippen LogP contribution < -0.4 is 10.2 Å². The van der Waals surface area contributed by atoms with Crippen LogP contribution in [0.3, 0.4) is 0 Å². The molecule has 2 aromatic rings. The zero-order chi connectivity index (χ0) is 18.7. The van der Waals surface area contributed by atoms with Crippen LogP contribution in [0.4, 0.5) is 5.95 Å². The second-order valence-corrected chi connectivity index (χ2v) is 7.24. The quantitative estimate of drug-likeness (QED) is 0.889. The van der Waals surface area contributed by atoms with E-state index in [2.05, 4.69) is 39.1 Å². The summed E-state index contributed by atoms with van der Waals surface area (Å²) in [4.78, 5) is 23.3. The van der Waals surface area contributed by atoms with Crippen molar-refractivity contribution in [2.75, 3.05) is 24.5 Å². The van der Waals surface area contributed by atoms with Crippen molar-refractivity contribution in [3.05, 3.63) is 34.9 Å². The maximum Gasteiger partial charge on any atom is 0.254 e. The largest absolute Gasteiger partial charge is 0.350 e. The van der Waals surface area contributed by atoms with Gasteiger partial charge in [-0.15, -0.1) is 0 Å². The third kappa shape index (κ3) is 4.03. The van der Waals surface area contributed by atoms with Crippen molar-refractivity contribution in [1.29, 1.82) is 0 Å². The molecule has 1 N–H and O–H groups in total. The molecule has 3 heterocycles. The Morgan fingerprint density at radius 2 is 2.00 bits per heavy atom. The minimum Gasteiger partial charge on any atom is -0.350 e. The lowest BCUT2D eigenvalue weighted by Gasteiger charge is -2.30. The van der Waals surface area contributed by atoms with Crippen LogP contribution in [0.2, 0.25) is 0 Å². The van der Waals surface area contributed by atoms with Gasteiger partial charge in [-0.1, -0.05) is 6.92 Å². The molecule has 2 aromatic heterocycles. The fourth-order valence-corrected chi connectivity index (χ4v) is 3.35. The van der Waals surface area contributed by atoms with Crippen molar-refractivity contribution in [2.24, 2.45) is 5.92 Å². The first-order valence-electron chi connectivity index (χ1n) is 9.31. The minimum atomic E-state index is -0.151. The molecule has 0 aromatic carbocycles. The van der Waals surface area contributed by atoms with E-state index in [0.717, 1.165) is 24.5 Å². The molecule has 7 nitrogen and oxygen atoms in total. The molecular formula is C19H28N6O. The normalized spacial score (nSPS) is 17.4. The van der Waals surface area contributed by atoms with Crippen LogP contribution in [0.5, 0.6) is 0 Å². The minimum absolute atomic E-state index is 0.151. The number of nitrogens with one attached hydrogen (secondary N) is 1. The number of hydrogen-bond acceptors (Lipinski definition) is 5. The van der Waals surface area contributed by atoms with Crippen LogP contribution in [0, 0.1) is 26.7 Å². The SMILES string of the molecule is Cc1nn(CCNC(=O)c2cnc(N3CCC[C@H](C)C3)nc2)c(C)c1C. The van der Waals surface area contributed by atoms with Gasteiger partial charge in [-0.25, -0.2) is 9.97 Å². The second-order valence-electron chi connectivity index (χ2n) is 7.24. The van der Waals surface area contributed by atoms with Gasteiger partial charge in [-0.3, -0.25) is 9.48 Å². The third-order valence-corrected chi connectivity index (χ3v) is 5.19. The van der Waals surface area contributed by atoms with E-state index < -0.39 is 0 Å². The van der Waals surface area contributed by atoms with E-state index in [1.165, 1.54) is 18.4 Å². The molecule has 26 heavy (non-hydrogen) atoms. The number of carbonyl (C=O) groups excluding carboxylic acids is 1. The number of carbonyl (C=O) groups is 1. The lowest BCUT2D eigenvalue weighted by Crippen LogP contribution is -2.35. The van der Waals surface area contributed by atoms with Crippen molar-refractivity contribution >= 4 is 11.9 Å². The number of nitrogens with zero attached hydrogens (tertiary/aromatic N) is 5. The average Bonchev–Trinajstić information content (AvgIpc) is 2.89. The Kier molecular flexibility index (Phi) is 5.54. The molecule has 3 rings (SSSR count). The van der Waals surface area contributed by atoms with Crippen molar-refractivity contribution in [3.63, 3.8) is 0 Å². The summed E-state index contributed by atoms with van der Waals surface area (Å²) in [6, 6.07) is 0. The Balaban J connectivity index is 1.54. The van der Waals surface area contributed by atoms with Gasteiger partial charge in [0, 0.05) is 37.7 Å². The molecule has 0 spiro atoms. The number of rotatable bonds is 5. The molecule has 1 saturated heterocycles. The molecule has 140 valence electrons. The zero-order valence-corrected chi connectivity index (χ0v) is 16.1. The summed E-state index contributed by atoms with van der Waals surface area (Å²) >= 11 is 0. The first-order chi connectivity index (χ1) is 12.5. The maximum atomic E-state index is 12.3. The first-order valence-corrected chi connectivity index (χ1v) is 9.31. The second kappa shape index (κ2) is 7.85. The molecule has 1 amide bonds. The van der Waals surface area contributed by atoms with Crippen molar-refractivity contribution in [3.8, 4) is 0 Å². The average molecular weight is 356 g/mol. The predicted octanol–water partition coefficient (Wildman–Crippen LogP) is 2.26. The molecule has 0 unspecified atom stereocenters. The van der Waals surface area contributed by atoms with Gasteiger partial charge in [0.2, 0.25) is 5.95 Å². The van der Waals surface area contributed by atoms with Crippen LogP contribution in [-0.2, 0) is 6.54 Å². The van der Waals surface area contributed by atoms with Crippen LogP contribution >= 0.6 is 0 Å². The summed E-state index contributed by atoms with van der Waals surface area (Å²) in [6.45, 7) is 11.5. The van der Waals surface area contributed by atoms with Crippen molar-refractivity contribution in [2.45, 2.75) is 47.1 Å². The molecule has 1 aliphatic rings. The number of anilines is 1. The Labute approximate surface area is 154 Å². The topological polar surface area (TPSA) is 75.9 Å². The van der Waals surface area contributed by atoms with Crippen molar-refractivity contribution < 1.29 is 4.79 Å². The Morgan fingerprint density at radius 3 is 2.62 bits per heavy atom. The van der Waals surface area contributed by atoms with Gasteiger partial charge < -0.3 is 10.2 Å². The zero-order valence-electron chi connectivity index (χ0n) is 16.1. The summed E-state index contributed by atoms with van der Waals surface area (Å²) in [5.41, 5.74) is 3.86. The molecule has 1 atom stereocenters. The van der Waals surface area contributed by atoms with Gasteiger partial charge >= 0.3 is 0 Å². The summed E-state index contributed by atoms with van der Waals surface area (Å²) in [7, 11) is 0. The summed E-state index contributed by atoms with van der Waals surface area (Å²) in [5, 5.41) is 7.40. The molecule has 0 aliphatic carbocycles. The lowest BCUT2D eigenvalue weighted by molar-refractivity contribution is 0.0951. The van der Waals surface area contributed by atoms with Crippen LogP contribution in [0.25, 0.3) is 0 Å². The highest BCUT2D eigenvalue weighted by atomic mass is 16.1.